The maximum Gasteiger partial charge on any atom is 0.234 e. The van der Waals surface area contributed by atoms with E-state index < -0.39 is 0 Å². The number of benzene rings is 1. The minimum Gasteiger partial charge on any atom is -0.355 e. The standard InChI is InChI=1S/C14H21FN2OS/c1-3-16-14(18)11-17(4-2)9-10-19-13-8-6-5-7-12(13)15/h5-8H,3-4,9-11H2,1-2H3,(H,16,18). The molecule has 0 aliphatic rings. The van der Waals surface area contributed by atoms with Crippen LogP contribution in [0.4, 0.5) is 4.39 Å². The Morgan fingerprint density at radius 1 is 1.37 bits per heavy atom. The Balaban J connectivity index is 2.34. The average molecular weight is 284 g/mol. The second-order valence-electron chi connectivity index (χ2n) is 4.10. The summed E-state index contributed by atoms with van der Waals surface area (Å²) in [7, 11) is 0. The molecule has 0 bridgehead atoms. The molecule has 0 aliphatic heterocycles. The molecule has 0 unspecified atom stereocenters. The number of nitrogens with zero attached hydrogens (tertiary/aromatic N) is 1. The number of hydrogen-bond acceptors (Lipinski definition) is 3. The molecule has 0 spiro atoms. The highest BCUT2D eigenvalue weighted by Gasteiger charge is 2.08. The number of nitrogens with one attached hydrogen (secondary N) is 1. The van der Waals surface area contributed by atoms with E-state index in [1.165, 1.54) is 17.8 Å². The van der Waals surface area contributed by atoms with Crippen LogP contribution in [-0.4, -0.2) is 42.7 Å². The molecule has 1 N–H and O–H groups in total. The molecule has 1 rings (SSSR count). The quantitative estimate of drug-likeness (QED) is 0.744. The van der Waals surface area contributed by atoms with Gasteiger partial charge in [-0.3, -0.25) is 9.69 Å². The molecule has 1 amide bonds. The molecule has 0 radical (unpaired) electrons. The van der Waals surface area contributed by atoms with E-state index in [4.69, 9.17) is 0 Å². The summed E-state index contributed by atoms with van der Waals surface area (Å²) in [5.41, 5.74) is 0. The van der Waals surface area contributed by atoms with Crippen LogP contribution < -0.4 is 5.32 Å². The number of thioether (sulfide) groups is 1. The van der Waals surface area contributed by atoms with Crippen LogP contribution in [-0.2, 0) is 4.79 Å². The monoisotopic (exact) mass is 284 g/mol. The number of carbonyl (C=O) groups excluding carboxylic acids is 1. The molecule has 0 fully saturated rings. The van der Waals surface area contributed by atoms with Crippen molar-refractivity contribution in [3.63, 3.8) is 0 Å². The molecule has 0 atom stereocenters. The lowest BCUT2D eigenvalue weighted by Crippen LogP contribution is -2.38. The van der Waals surface area contributed by atoms with Gasteiger partial charge in [0.25, 0.3) is 0 Å². The minimum absolute atomic E-state index is 0.0419. The van der Waals surface area contributed by atoms with Gasteiger partial charge in [-0.15, -0.1) is 11.8 Å². The first-order valence-electron chi connectivity index (χ1n) is 6.53. The van der Waals surface area contributed by atoms with Gasteiger partial charge in [0, 0.05) is 23.7 Å². The van der Waals surface area contributed by atoms with Crippen molar-refractivity contribution >= 4 is 17.7 Å². The summed E-state index contributed by atoms with van der Waals surface area (Å²) in [6.07, 6.45) is 0. The summed E-state index contributed by atoms with van der Waals surface area (Å²) in [4.78, 5) is 14.2. The highest BCUT2D eigenvalue weighted by molar-refractivity contribution is 7.99. The summed E-state index contributed by atoms with van der Waals surface area (Å²) < 4.78 is 13.4. The molecule has 0 aromatic heterocycles. The predicted molar refractivity (Wildman–Crippen MR) is 77.9 cm³/mol. The van der Waals surface area contributed by atoms with Crippen LogP contribution in [0.5, 0.6) is 0 Å². The summed E-state index contributed by atoms with van der Waals surface area (Å²) >= 11 is 1.48. The second-order valence-corrected chi connectivity index (χ2v) is 5.24. The van der Waals surface area contributed by atoms with Crippen LogP contribution in [0.1, 0.15) is 13.8 Å². The Bertz CT molecular complexity index is 401. The fraction of sp³-hybridized carbons (Fsp3) is 0.500. The van der Waals surface area contributed by atoms with E-state index in [-0.39, 0.29) is 11.7 Å². The molecule has 0 aliphatic carbocycles. The van der Waals surface area contributed by atoms with E-state index in [0.717, 1.165) is 18.8 Å². The Labute approximate surface area is 118 Å². The number of likely N-dealkylation sites (N-methyl/N-ethyl adjacent to an activating group) is 2. The lowest BCUT2D eigenvalue weighted by atomic mass is 10.3. The van der Waals surface area contributed by atoms with E-state index in [1.807, 2.05) is 19.9 Å². The van der Waals surface area contributed by atoms with E-state index >= 15 is 0 Å². The summed E-state index contributed by atoms with van der Waals surface area (Å²) in [6.45, 7) is 6.57. The van der Waals surface area contributed by atoms with Gasteiger partial charge in [0.2, 0.25) is 5.91 Å². The molecule has 1 aromatic rings. The largest absolute Gasteiger partial charge is 0.355 e. The smallest absolute Gasteiger partial charge is 0.234 e. The fourth-order valence-electron chi connectivity index (χ4n) is 1.65. The predicted octanol–water partition coefficient (Wildman–Crippen LogP) is 2.38. The first-order valence-corrected chi connectivity index (χ1v) is 7.52. The van der Waals surface area contributed by atoms with E-state index in [1.54, 1.807) is 12.1 Å². The second kappa shape index (κ2) is 8.93. The maximum absolute atomic E-state index is 13.4. The number of amides is 1. The topological polar surface area (TPSA) is 32.3 Å². The maximum atomic E-state index is 13.4. The zero-order valence-electron chi connectivity index (χ0n) is 11.5. The molecule has 5 heteroatoms. The molecule has 0 heterocycles. The van der Waals surface area contributed by atoms with Crippen LogP contribution in [0, 0.1) is 5.82 Å². The number of carbonyl (C=O) groups is 1. The SMILES string of the molecule is CCNC(=O)CN(CC)CCSc1ccccc1F. The molecule has 106 valence electrons. The van der Waals surface area contributed by atoms with Gasteiger partial charge in [-0.25, -0.2) is 4.39 Å². The molecular formula is C14H21FN2OS. The van der Waals surface area contributed by atoms with Crippen molar-refractivity contribution in [2.75, 3.05) is 31.9 Å². The fourth-order valence-corrected chi connectivity index (χ4v) is 2.60. The Morgan fingerprint density at radius 3 is 2.74 bits per heavy atom. The van der Waals surface area contributed by atoms with Crippen molar-refractivity contribution in [1.82, 2.24) is 10.2 Å². The number of rotatable bonds is 8. The summed E-state index contributed by atoms with van der Waals surface area (Å²) in [6, 6.07) is 6.76. The zero-order chi connectivity index (χ0) is 14.1. The third-order valence-electron chi connectivity index (χ3n) is 2.69. The molecule has 0 saturated carbocycles. The normalized spacial score (nSPS) is 10.7. The van der Waals surface area contributed by atoms with Crippen molar-refractivity contribution in [1.29, 1.82) is 0 Å². The van der Waals surface area contributed by atoms with Gasteiger partial charge < -0.3 is 5.32 Å². The van der Waals surface area contributed by atoms with Crippen molar-refractivity contribution in [2.45, 2.75) is 18.7 Å². The lowest BCUT2D eigenvalue weighted by Gasteiger charge is -2.19. The highest BCUT2D eigenvalue weighted by atomic mass is 32.2. The average Bonchev–Trinajstić information content (AvgIpc) is 2.40. The summed E-state index contributed by atoms with van der Waals surface area (Å²) in [5, 5.41) is 2.78. The van der Waals surface area contributed by atoms with Gasteiger partial charge in [0.15, 0.2) is 0 Å². The van der Waals surface area contributed by atoms with Crippen LogP contribution in [0.15, 0.2) is 29.2 Å². The highest BCUT2D eigenvalue weighted by Crippen LogP contribution is 2.20. The van der Waals surface area contributed by atoms with Crippen LogP contribution >= 0.6 is 11.8 Å². The Kier molecular flexibility index (Phi) is 7.52. The molecule has 3 nitrogen and oxygen atoms in total. The van der Waals surface area contributed by atoms with Crippen molar-refractivity contribution in [3.8, 4) is 0 Å². The van der Waals surface area contributed by atoms with Crippen LogP contribution in [0.3, 0.4) is 0 Å². The van der Waals surface area contributed by atoms with E-state index in [9.17, 15) is 9.18 Å². The van der Waals surface area contributed by atoms with Gasteiger partial charge in [-0.05, 0) is 25.6 Å². The number of halogens is 1. The van der Waals surface area contributed by atoms with Gasteiger partial charge >= 0.3 is 0 Å². The minimum atomic E-state index is -0.181. The van der Waals surface area contributed by atoms with Gasteiger partial charge in [-0.2, -0.15) is 0 Å². The molecule has 19 heavy (non-hydrogen) atoms. The zero-order valence-corrected chi connectivity index (χ0v) is 12.3. The van der Waals surface area contributed by atoms with E-state index in [0.29, 0.717) is 18.0 Å². The Hall–Kier alpha value is -1.07. The van der Waals surface area contributed by atoms with Crippen LogP contribution in [0.25, 0.3) is 0 Å². The Morgan fingerprint density at radius 2 is 2.11 bits per heavy atom. The van der Waals surface area contributed by atoms with E-state index in [2.05, 4.69) is 10.2 Å². The third kappa shape index (κ3) is 6.07. The first kappa shape index (κ1) is 16.0. The molecule has 1 aromatic carbocycles. The van der Waals surface area contributed by atoms with Crippen LogP contribution in [0.2, 0.25) is 0 Å². The third-order valence-corrected chi connectivity index (χ3v) is 3.72. The lowest BCUT2D eigenvalue weighted by molar-refractivity contribution is -0.122. The first-order chi connectivity index (χ1) is 9.17. The summed E-state index contributed by atoms with van der Waals surface area (Å²) in [5.74, 6) is 0.633. The van der Waals surface area contributed by atoms with Gasteiger partial charge in [-0.1, -0.05) is 19.1 Å². The molecular weight excluding hydrogens is 263 g/mol. The van der Waals surface area contributed by atoms with Gasteiger partial charge in [0.1, 0.15) is 5.82 Å². The number of hydrogen-bond donors (Lipinski definition) is 1. The van der Waals surface area contributed by atoms with Crippen molar-refractivity contribution < 1.29 is 9.18 Å². The van der Waals surface area contributed by atoms with Crippen molar-refractivity contribution in [3.05, 3.63) is 30.1 Å². The van der Waals surface area contributed by atoms with Crippen molar-refractivity contribution in [2.24, 2.45) is 0 Å². The molecule has 0 saturated heterocycles. The van der Waals surface area contributed by atoms with Gasteiger partial charge in [0.05, 0.1) is 6.54 Å².